The summed E-state index contributed by atoms with van der Waals surface area (Å²) in [7, 11) is -4.33. The molecule has 1 fully saturated rings. The van der Waals surface area contributed by atoms with Crippen LogP contribution in [0.4, 0.5) is 24.5 Å². The Hall–Kier alpha value is -2.59. The molecule has 0 aromatic heterocycles. The Kier molecular flexibility index (Phi) is 6.82. The van der Waals surface area contributed by atoms with E-state index in [1.807, 2.05) is 6.92 Å². The van der Waals surface area contributed by atoms with E-state index in [4.69, 9.17) is 4.74 Å². The third kappa shape index (κ3) is 5.01. The van der Waals surface area contributed by atoms with E-state index < -0.39 is 39.5 Å². The van der Waals surface area contributed by atoms with Gasteiger partial charge in [0.25, 0.3) is 15.9 Å². The number of alkyl halides is 3. The molecule has 1 aliphatic rings. The van der Waals surface area contributed by atoms with Crippen molar-refractivity contribution in [2.24, 2.45) is 0 Å². The number of amides is 1. The van der Waals surface area contributed by atoms with Crippen molar-refractivity contribution in [2.45, 2.75) is 64.6 Å². The summed E-state index contributed by atoms with van der Waals surface area (Å²) in [5.41, 5.74) is 1.52. The molecule has 0 spiro atoms. The summed E-state index contributed by atoms with van der Waals surface area (Å²) in [5.74, 6) is -0.536. The molecule has 0 bridgehead atoms. The Balaban J connectivity index is 2.00. The number of nitrogens with one attached hydrogen (secondary N) is 2. The highest BCUT2D eigenvalue weighted by Gasteiger charge is 2.36. The van der Waals surface area contributed by atoms with E-state index in [-0.39, 0.29) is 10.6 Å². The Labute approximate surface area is 191 Å². The average Bonchev–Trinajstić information content (AvgIpc) is 3.26. The number of carbonyl (C=O) groups is 1. The fourth-order valence-electron chi connectivity index (χ4n) is 4.02. The second kappa shape index (κ2) is 8.98. The van der Waals surface area contributed by atoms with Crippen molar-refractivity contribution in [1.29, 1.82) is 0 Å². The van der Waals surface area contributed by atoms with E-state index in [0.717, 1.165) is 28.8 Å². The van der Waals surface area contributed by atoms with Crippen molar-refractivity contribution in [3.63, 3.8) is 0 Å². The summed E-state index contributed by atoms with van der Waals surface area (Å²) in [4.78, 5) is 12.2. The van der Waals surface area contributed by atoms with Gasteiger partial charge in [-0.1, -0.05) is 0 Å². The fraction of sp³-hybridized carbons (Fsp3) is 0.435. The number of sulfonamides is 1. The smallest absolute Gasteiger partial charge is 0.368 e. The molecule has 1 heterocycles. The van der Waals surface area contributed by atoms with Gasteiger partial charge in [-0.05, 0) is 93.5 Å². The maximum atomic E-state index is 13.8. The third-order valence-electron chi connectivity index (χ3n) is 6.26. The normalized spacial score (nSPS) is 16.7. The Bertz CT molecular complexity index is 1170. The van der Waals surface area contributed by atoms with Crippen molar-refractivity contribution >= 4 is 27.3 Å². The van der Waals surface area contributed by atoms with Crippen LogP contribution in [0.25, 0.3) is 0 Å². The lowest BCUT2D eigenvalue weighted by molar-refractivity contribution is -0.137. The van der Waals surface area contributed by atoms with Gasteiger partial charge in [0.2, 0.25) is 0 Å². The first-order valence-electron chi connectivity index (χ1n) is 10.5. The molecule has 0 saturated carbocycles. The van der Waals surface area contributed by atoms with Gasteiger partial charge in [0.15, 0.2) is 0 Å². The number of hydrogen-bond acceptors (Lipinski definition) is 4. The van der Waals surface area contributed by atoms with E-state index in [0.29, 0.717) is 30.6 Å². The number of anilines is 2. The average molecular weight is 485 g/mol. The van der Waals surface area contributed by atoms with Crippen molar-refractivity contribution in [1.82, 2.24) is 0 Å². The quantitative estimate of drug-likeness (QED) is 0.614. The molecule has 1 aliphatic heterocycles. The molecule has 2 aromatic carbocycles. The highest BCUT2D eigenvalue weighted by Crippen LogP contribution is 2.38. The molecule has 0 unspecified atom stereocenters. The molecule has 1 amide bonds. The van der Waals surface area contributed by atoms with E-state index in [9.17, 15) is 26.4 Å². The van der Waals surface area contributed by atoms with Gasteiger partial charge in [0.1, 0.15) is 6.10 Å². The lowest BCUT2D eigenvalue weighted by Crippen LogP contribution is -2.27. The molecular weight excluding hydrogens is 457 g/mol. The maximum absolute atomic E-state index is 13.8. The minimum Gasteiger partial charge on any atom is -0.368 e. The van der Waals surface area contributed by atoms with Gasteiger partial charge >= 0.3 is 6.18 Å². The van der Waals surface area contributed by atoms with Gasteiger partial charge in [-0.15, -0.1) is 0 Å². The monoisotopic (exact) mass is 484 g/mol. The van der Waals surface area contributed by atoms with E-state index >= 15 is 0 Å². The van der Waals surface area contributed by atoms with Crippen LogP contribution >= 0.6 is 0 Å². The second-order valence-corrected chi connectivity index (χ2v) is 9.93. The van der Waals surface area contributed by atoms with E-state index in [1.54, 1.807) is 27.7 Å². The largest absolute Gasteiger partial charge is 0.418 e. The van der Waals surface area contributed by atoms with Crippen LogP contribution in [-0.4, -0.2) is 27.0 Å². The first kappa shape index (κ1) is 25.0. The van der Waals surface area contributed by atoms with E-state index in [2.05, 4.69) is 10.0 Å². The number of halogens is 3. The van der Waals surface area contributed by atoms with Crippen molar-refractivity contribution in [2.75, 3.05) is 16.6 Å². The van der Waals surface area contributed by atoms with Crippen LogP contribution in [0.1, 0.15) is 46.2 Å². The SMILES string of the molecule is Cc1c(C)c(C)c(S(=O)(=O)Nc2ccc(NC(=O)[C@@H]3CCCO3)cc2C(F)(F)F)c(C)c1C. The van der Waals surface area contributed by atoms with Crippen LogP contribution in [-0.2, 0) is 25.7 Å². The molecule has 2 aromatic rings. The molecule has 33 heavy (non-hydrogen) atoms. The van der Waals surface area contributed by atoms with Crippen LogP contribution in [0.2, 0.25) is 0 Å². The summed E-state index contributed by atoms with van der Waals surface area (Å²) >= 11 is 0. The lowest BCUT2D eigenvalue weighted by Gasteiger charge is -2.21. The van der Waals surface area contributed by atoms with Gasteiger partial charge in [-0.2, -0.15) is 13.2 Å². The highest BCUT2D eigenvalue weighted by atomic mass is 32.2. The standard InChI is InChI=1S/C23H27F3N2O4S/c1-12-13(2)15(4)21(16(5)14(12)3)33(30,31)28-19-9-8-17(11-18(19)23(24,25)26)27-22(29)20-7-6-10-32-20/h8-9,11,20,28H,6-7,10H2,1-5H3,(H,27,29)/t20-/m0/s1. The van der Waals surface area contributed by atoms with Gasteiger partial charge in [-0.25, -0.2) is 8.42 Å². The predicted molar refractivity (Wildman–Crippen MR) is 120 cm³/mol. The molecular formula is C23H27F3N2O4S. The summed E-state index contributed by atoms with van der Waals surface area (Å²) in [6, 6.07) is 2.95. The molecule has 3 rings (SSSR count). The van der Waals surface area contributed by atoms with Crippen LogP contribution in [0.5, 0.6) is 0 Å². The summed E-state index contributed by atoms with van der Waals surface area (Å²) in [6.45, 7) is 9.13. The Morgan fingerprint density at radius 3 is 2.09 bits per heavy atom. The molecule has 2 N–H and O–H groups in total. The van der Waals surface area contributed by atoms with Crippen molar-refractivity contribution in [3.8, 4) is 0 Å². The van der Waals surface area contributed by atoms with Crippen LogP contribution in [0.15, 0.2) is 23.1 Å². The summed E-state index contributed by atoms with van der Waals surface area (Å²) < 4.78 is 75.2. The molecule has 0 radical (unpaired) electrons. The van der Waals surface area contributed by atoms with Crippen molar-refractivity contribution in [3.05, 3.63) is 51.6 Å². The first-order valence-corrected chi connectivity index (χ1v) is 12.0. The van der Waals surface area contributed by atoms with Crippen molar-refractivity contribution < 1.29 is 31.1 Å². The van der Waals surface area contributed by atoms with Gasteiger partial charge in [0.05, 0.1) is 16.1 Å². The molecule has 1 atom stereocenters. The molecule has 10 heteroatoms. The number of benzene rings is 2. The lowest BCUT2D eigenvalue weighted by atomic mass is 9.95. The third-order valence-corrected chi connectivity index (χ3v) is 7.90. The molecule has 0 aliphatic carbocycles. The Morgan fingerprint density at radius 1 is 1.00 bits per heavy atom. The topological polar surface area (TPSA) is 84.5 Å². The van der Waals surface area contributed by atoms with Crippen LogP contribution in [0.3, 0.4) is 0 Å². The van der Waals surface area contributed by atoms with Gasteiger partial charge in [-0.3, -0.25) is 9.52 Å². The summed E-state index contributed by atoms with van der Waals surface area (Å²) in [5, 5.41) is 2.42. The first-order chi connectivity index (χ1) is 15.2. The molecule has 6 nitrogen and oxygen atoms in total. The van der Waals surface area contributed by atoms with Gasteiger partial charge < -0.3 is 10.1 Å². The minimum absolute atomic E-state index is 0.0352. The highest BCUT2D eigenvalue weighted by molar-refractivity contribution is 7.92. The number of carbonyl (C=O) groups excluding carboxylic acids is 1. The zero-order chi connectivity index (χ0) is 24.7. The van der Waals surface area contributed by atoms with Gasteiger partial charge in [0, 0.05) is 12.3 Å². The molecule has 1 saturated heterocycles. The zero-order valence-electron chi connectivity index (χ0n) is 19.1. The van der Waals surface area contributed by atoms with Crippen LogP contribution in [0, 0.1) is 34.6 Å². The summed E-state index contributed by atoms with van der Waals surface area (Å²) in [6.07, 6.45) is -4.38. The van der Waals surface area contributed by atoms with E-state index in [1.165, 1.54) is 6.07 Å². The number of rotatable bonds is 5. The maximum Gasteiger partial charge on any atom is 0.418 e. The number of hydrogen-bond donors (Lipinski definition) is 2. The second-order valence-electron chi connectivity index (χ2n) is 8.31. The minimum atomic E-state index is -4.86. The fourth-order valence-corrected chi connectivity index (χ4v) is 5.70. The predicted octanol–water partition coefficient (Wildman–Crippen LogP) is 5.17. The zero-order valence-corrected chi connectivity index (χ0v) is 19.9. The molecule has 180 valence electrons. The van der Waals surface area contributed by atoms with Crippen LogP contribution < -0.4 is 10.0 Å². The Morgan fingerprint density at radius 2 is 1.58 bits per heavy atom. The number of ether oxygens (including phenoxy) is 1.